The number of benzene rings is 2. The van der Waals surface area contributed by atoms with E-state index in [1.807, 2.05) is 0 Å². The van der Waals surface area contributed by atoms with Gasteiger partial charge in [0.25, 0.3) is 5.91 Å². The van der Waals surface area contributed by atoms with Crippen LogP contribution in [0.15, 0.2) is 41.4 Å². The number of rotatable bonds is 6. The number of aliphatic hydroxyl groups excluding tert-OH is 3. The molecule has 14 heteroatoms. The van der Waals surface area contributed by atoms with Gasteiger partial charge in [0.05, 0.1) is 18.4 Å². The second kappa shape index (κ2) is 12.3. The number of hydrogen-bond donors (Lipinski definition) is 3. The molecule has 1 aromatic heterocycles. The third-order valence-corrected chi connectivity index (χ3v) is 8.81. The summed E-state index contributed by atoms with van der Waals surface area (Å²) in [6.07, 6.45) is 0.257. The molecular formula is C26H26Cl2F2N4O5S. The summed E-state index contributed by atoms with van der Waals surface area (Å²) in [5.41, 5.74) is -0.555. The van der Waals surface area contributed by atoms with Gasteiger partial charge in [-0.2, -0.15) is 0 Å². The van der Waals surface area contributed by atoms with Crippen LogP contribution >= 0.6 is 35.0 Å². The summed E-state index contributed by atoms with van der Waals surface area (Å²) in [7, 11) is 0. The minimum absolute atomic E-state index is 0.0473. The van der Waals surface area contributed by atoms with E-state index < -0.39 is 53.1 Å². The number of carbonyl (C=O) groups excluding carboxylic acids is 1. The molecule has 0 radical (unpaired) electrons. The van der Waals surface area contributed by atoms with Gasteiger partial charge in [0.15, 0.2) is 0 Å². The number of ether oxygens (including phenoxy) is 1. The van der Waals surface area contributed by atoms with Crippen molar-refractivity contribution in [1.82, 2.24) is 19.9 Å². The first kappa shape index (κ1) is 29.2. The summed E-state index contributed by atoms with van der Waals surface area (Å²) in [6.45, 7) is 0.710. The van der Waals surface area contributed by atoms with Crippen molar-refractivity contribution in [3.8, 4) is 11.3 Å². The lowest BCUT2D eigenvalue weighted by Gasteiger charge is -2.42. The Morgan fingerprint density at radius 3 is 2.45 bits per heavy atom. The fourth-order valence-corrected chi connectivity index (χ4v) is 6.47. The normalized spacial score (nSPS) is 25.3. The smallest absolute Gasteiger partial charge is 0.254 e. The van der Waals surface area contributed by atoms with Crippen molar-refractivity contribution in [2.75, 3.05) is 19.7 Å². The Kier molecular flexibility index (Phi) is 8.95. The van der Waals surface area contributed by atoms with Gasteiger partial charge in [-0.15, -0.1) is 5.10 Å². The molecule has 9 nitrogen and oxygen atoms in total. The third-order valence-electron chi connectivity index (χ3n) is 7.00. The molecule has 0 bridgehead atoms. The highest BCUT2D eigenvalue weighted by atomic mass is 35.5. The monoisotopic (exact) mass is 614 g/mol. The number of carbonyl (C=O) groups is 1. The van der Waals surface area contributed by atoms with Crippen molar-refractivity contribution in [2.24, 2.45) is 0 Å². The number of piperidine rings is 1. The van der Waals surface area contributed by atoms with E-state index in [0.717, 1.165) is 47.8 Å². The van der Waals surface area contributed by atoms with Crippen molar-refractivity contribution in [3.63, 3.8) is 0 Å². The molecule has 2 saturated heterocycles. The molecule has 5 atom stereocenters. The Labute approximate surface area is 242 Å². The zero-order valence-electron chi connectivity index (χ0n) is 21.0. The van der Waals surface area contributed by atoms with Crippen molar-refractivity contribution < 1.29 is 33.6 Å². The van der Waals surface area contributed by atoms with Gasteiger partial charge in [-0.25, -0.2) is 13.5 Å². The van der Waals surface area contributed by atoms with Crippen LogP contribution in [0.25, 0.3) is 11.3 Å². The zero-order valence-corrected chi connectivity index (χ0v) is 23.3. The molecule has 0 spiro atoms. The van der Waals surface area contributed by atoms with Gasteiger partial charge in [-0.1, -0.05) is 40.2 Å². The molecule has 0 aliphatic carbocycles. The van der Waals surface area contributed by atoms with Crippen molar-refractivity contribution in [2.45, 2.75) is 53.9 Å². The highest BCUT2D eigenvalue weighted by Gasteiger charge is 2.46. The average Bonchev–Trinajstić information content (AvgIpc) is 3.43. The van der Waals surface area contributed by atoms with Gasteiger partial charge in [0, 0.05) is 28.6 Å². The fraction of sp³-hybridized carbons (Fsp3) is 0.423. The average molecular weight is 615 g/mol. The predicted octanol–water partition coefficient (Wildman–Crippen LogP) is 3.93. The molecule has 2 aliphatic rings. The van der Waals surface area contributed by atoms with Gasteiger partial charge in [0.1, 0.15) is 52.1 Å². The van der Waals surface area contributed by atoms with Crippen LogP contribution in [0.4, 0.5) is 8.78 Å². The molecular weight excluding hydrogens is 589 g/mol. The summed E-state index contributed by atoms with van der Waals surface area (Å²) in [5, 5.41) is 39.8. The van der Waals surface area contributed by atoms with Gasteiger partial charge in [0.2, 0.25) is 0 Å². The number of hydrogen-bond acceptors (Lipinski definition) is 8. The Bertz CT molecular complexity index is 1370. The number of amides is 1. The van der Waals surface area contributed by atoms with E-state index in [0.29, 0.717) is 28.6 Å². The molecule has 5 rings (SSSR count). The Morgan fingerprint density at radius 1 is 1.07 bits per heavy atom. The summed E-state index contributed by atoms with van der Waals surface area (Å²) >= 11 is 12.9. The maximum atomic E-state index is 14.0. The second-order valence-corrected chi connectivity index (χ2v) is 11.6. The topological polar surface area (TPSA) is 121 Å². The number of thioether (sulfide) groups is 1. The fourth-order valence-electron chi connectivity index (χ4n) is 4.90. The third kappa shape index (κ3) is 5.85. The van der Waals surface area contributed by atoms with Gasteiger partial charge in [-0.05, 0) is 49.6 Å². The zero-order chi connectivity index (χ0) is 28.6. The predicted molar refractivity (Wildman–Crippen MR) is 144 cm³/mol. The summed E-state index contributed by atoms with van der Waals surface area (Å²) in [4.78, 5) is 15.6. The highest BCUT2D eigenvalue weighted by Crippen LogP contribution is 2.40. The van der Waals surface area contributed by atoms with E-state index in [-0.39, 0.29) is 17.2 Å². The van der Waals surface area contributed by atoms with Gasteiger partial charge >= 0.3 is 0 Å². The lowest BCUT2D eigenvalue weighted by Crippen LogP contribution is -2.55. The quantitative estimate of drug-likeness (QED) is 0.357. The first-order chi connectivity index (χ1) is 19.2. The number of aliphatic hydroxyl groups is 3. The molecule has 2 aromatic carbocycles. The van der Waals surface area contributed by atoms with Crippen LogP contribution in [0.5, 0.6) is 0 Å². The van der Waals surface area contributed by atoms with Crippen LogP contribution in [-0.2, 0) is 4.74 Å². The molecule has 3 aromatic rings. The van der Waals surface area contributed by atoms with E-state index in [1.165, 1.54) is 6.20 Å². The van der Waals surface area contributed by atoms with Crippen LogP contribution < -0.4 is 0 Å². The number of aromatic nitrogens is 3. The maximum Gasteiger partial charge on any atom is 0.254 e. The SMILES string of the molecule is O=C(c1ccc(Cl)cc1S[C@H]1OC(CO)[C@H](O)[C@H](n2cc(-c3cc(F)c(Cl)c(F)c3)nn2)C1O)N1CCCCC1. The minimum atomic E-state index is -1.42. The largest absolute Gasteiger partial charge is 0.394 e. The van der Waals surface area contributed by atoms with E-state index in [9.17, 15) is 28.9 Å². The number of likely N-dealkylation sites (tertiary alicyclic amines) is 1. The van der Waals surface area contributed by atoms with Crippen LogP contribution in [0.3, 0.4) is 0 Å². The van der Waals surface area contributed by atoms with Crippen LogP contribution in [0, 0.1) is 11.6 Å². The molecule has 3 N–H and O–H groups in total. The van der Waals surface area contributed by atoms with E-state index in [1.54, 1.807) is 23.1 Å². The van der Waals surface area contributed by atoms with E-state index in [2.05, 4.69) is 10.3 Å². The molecule has 2 aliphatic heterocycles. The van der Waals surface area contributed by atoms with Gasteiger partial charge in [-0.3, -0.25) is 4.79 Å². The molecule has 1 amide bonds. The lowest BCUT2D eigenvalue weighted by atomic mass is 9.97. The lowest BCUT2D eigenvalue weighted by molar-refractivity contribution is -0.178. The highest BCUT2D eigenvalue weighted by molar-refractivity contribution is 8.00. The Balaban J connectivity index is 1.44. The molecule has 2 unspecified atom stereocenters. The molecule has 0 saturated carbocycles. The molecule has 3 heterocycles. The van der Waals surface area contributed by atoms with Crippen molar-refractivity contribution in [1.29, 1.82) is 0 Å². The summed E-state index contributed by atoms with van der Waals surface area (Å²) in [5.74, 6) is -2.13. The molecule has 214 valence electrons. The number of halogens is 4. The first-order valence-electron chi connectivity index (χ1n) is 12.6. The summed E-state index contributed by atoms with van der Waals surface area (Å²) in [6, 6.07) is 5.67. The van der Waals surface area contributed by atoms with E-state index in [4.69, 9.17) is 27.9 Å². The van der Waals surface area contributed by atoms with Crippen LogP contribution in [0.1, 0.15) is 35.7 Å². The standard InChI is InChI=1S/C26H26Cl2F2N4O5S/c27-14-4-5-15(25(38)33-6-2-1-3-7-33)20(10-14)40-26-24(37)22(23(36)19(12-35)39-26)34-11-18(31-32-34)13-8-16(29)21(28)17(30)9-13/h4-5,8-11,19,22-24,26,35-37H,1-3,6-7,12H2/t19?,22-,23-,24?,26+/m0/s1. The van der Waals surface area contributed by atoms with Crippen LogP contribution in [-0.4, -0.2) is 84.6 Å². The Hall–Kier alpha value is -2.32. The summed E-state index contributed by atoms with van der Waals surface area (Å²) < 4.78 is 35.0. The second-order valence-electron chi connectivity index (χ2n) is 9.65. The van der Waals surface area contributed by atoms with Crippen molar-refractivity contribution >= 4 is 40.9 Å². The van der Waals surface area contributed by atoms with Gasteiger partial charge < -0.3 is 25.0 Å². The van der Waals surface area contributed by atoms with Crippen molar-refractivity contribution in [3.05, 3.63) is 63.8 Å². The number of nitrogens with zero attached hydrogens (tertiary/aromatic N) is 4. The van der Waals surface area contributed by atoms with E-state index >= 15 is 0 Å². The molecule has 2 fully saturated rings. The first-order valence-corrected chi connectivity index (χ1v) is 14.3. The van der Waals surface area contributed by atoms with Crippen LogP contribution in [0.2, 0.25) is 10.0 Å². The molecule has 40 heavy (non-hydrogen) atoms. The Morgan fingerprint density at radius 2 is 1.77 bits per heavy atom. The maximum absolute atomic E-state index is 14.0. The minimum Gasteiger partial charge on any atom is -0.394 e.